The first-order valence-electron chi connectivity index (χ1n) is 7.55. The summed E-state index contributed by atoms with van der Waals surface area (Å²) < 4.78 is 5.25. The fourth-order valence-electron chi connectivity index (χ4n) is 2.90. The molecule has 1 aliphatic rings. The lowest BCUT2D eigenvalue weighted by Crippen LogP contribution is -2.49. The van der Waals surface area contributed by atoms with Crippen LogP contribution >= 0.6 is 0 Å². The normalized spacial score (nSPS) is 19.6. The summed E-state index contributed by atoms with van der Waals surface area (Å²) >= 11 is 0. The highest BCUT2D eigenvalue weighted by atomic mass is 16.5. The van der Waals surface area contributed by atoms with Gasteiger partial charge in [0.1, 0.15) is 17.1 Å². The number of likely N-dealkylation sites (N-methyl/N-ethyl adjacent to an activating group) is 1. The lowest BCUT2D eigenvalue weighted by Gasteiger charge is -2.38. The van der Waals surface area contributed by atoms with Crippen LogP contribution in [0.15, 0.2) is 16.9 Å². The fourth-order valence-corrected chi connectivity index (χ4v) is 2.90. The Labute approximate surface area is 129 Å². The zero-order valence-electron chi connectivity index (χ0n) is 13.2. The molecule has 3 rings (SSSR count). The van der Waals surface area contributed by atoms with Crippen LogP contribution < -0.4 is 0 Å². The van der Waals surface area contributed by atoms with E-state index >= 15 is 0 Å². The molecule has 0 aromatic carbocycles. The summed E-state index contributed by atoms with van der Waals surface area (Å²) in [5, 5.41) is 3.94. The van der Waals surface area contributed by atoms with Gasteiger partial charge in [-0.25, -0.2) is 4.98 Å². The average molecular weight is 303 g/mol. The number of aromatic nitrogens is 3. The molecule has 1 amide bonds. The van der Waals surface area contributed by atoms with E-state index in [0.29, 0.717) is 36.5 Å². The van der Waals surface area contributed by atoms with Gasteiger partial charge in [-0.05, 0) is 14.0 Å². The van der Waals surface area contributed by atoms with Gasteiger partial charge in [-0.15, -0.1) is 0 Å². The van der Waals surface area contributed by atoms with E-state index in [4.69, 9.17) is 4.52 Å². The van der Waals surface area contributed by atoms with Crippen LogP contribution in [0.3, 0.4) is 0 Å². The molecule has 1 aliphatic heterocycles. The summed E-state index contributed by atoms with van der Waals surface area (Å²) in [4.78, 5) is 24.4. The van der Waals surface area contributed by atoms with Crippen molar-refractivity contribution in [2.24, 2.45) is 0 Å². The highest BCUT2D eigenvalue weighted by molar-refractivity contribution is 5.96. The molecular weight excluding hydrogens is 282 g/mol. The van der Waals surface area contributed by atoms with E-state index in [0.717, 1.165) is 12.4 Å². The second-order valence-corrected chi connectivity index (χ2v) is 5.64. The Morgan fingerprint density at radius 3 is 3.00 bits per heavy atom. The molecule has 2 aromatic rings. The van der Waals surface area contributed by atoms with Gasteiger partial charge in [0.05, 0.1) is 11.7 Å². The number of aryl methyl sites for hydroxylation is 2. The standard InChI is InChI=1S/C15H21N5O2/c1-4-12-13(10(2)18-22-12)15(21)20-8-7-19(3)11(9-20)14-16-5-6-17-14/h5-6,11H,4,7-9H2,1-3H3,(H,16,17). The maximum atomic E-state index is 12.9. The fraction of sp³-hybridized carbons (Fsp3) is 0.533. The zero-order valence-corrected chi connectivity index (χ0v) is 13.2. The minimum atomic E-state index is 0.000237. The van der Waals surface area contributed by atoms with Gasteiger partial charge in [0.2, 0.25) is 0 Å². The van der Waals surface area contributed by atoms with Crippen molar-refractivity contribution in [3.8, 4) is 0 Å². The van der Waals surface area contributed by atoms with Crippen molar-refractivity contribution in [3.63, 3.8) is 0 Å². The Morgan fingerprint density at radius 2 is 2.32 bits per heavy atom. The lowest BCUT2D eigenvalue weighted by atomic mass is 10.1. The number of hydrogen-bond acceptors (Lipinski definition) is 5. The number of hydrogen-bond donors (Lipinski definition) is 1. The summed E-state index contributed by atoms with van der Waals surface area (Å²) in [6, 6.07) is 0.0814. The molecule has 118 valence electrons. The molecule has 1 atom stereocenters. The molecule has 1 N–H and O–H groups in total. The zero-order chi connectivity index (χ0) is 15.7. The number of imidazole rings is 1. The van der Waals surface area contributed by atoms with Crippen LogP contribution in [-0.2, 0) is 6.42 Å². The molecule has 7 nitrogen and oxygen atoms in total. The SMILES string of the molecule is CCc1onc(C)c1C(=O)N1CCN(C)C(c2ncc[nH]2)C1. The third kappa shape index (κ3) is 2.52. The van der Waals surface area contributed by atoms with Crippen LogP contribution in [0.1, 0.15) is 40.6 Å². The monoisotopic (exact) mass is 303 g/mol. The van der Waals surface area contributed by atoms with Gasteiger partial charge in [-0.3, -0.25) is 9.69 Å². The first-order chi connectivity index (χ1) is 10.6. The first kappa shape index (κ1) is 14.8. The number of carbonyl (C=O) groups excluding carboxylic acids is 1. The van der Waals surface area contributed by atoms with Crippen molar-refractivity contribution in [1.29, 1.82) is 0 Å². The number of H-pyrrole nitrogens is 1. The number of aromatic amines is 1. The molecule has 0 bridgehead atoms. The Hall–Kier alpha value is -2.15. The van der Waals surface area contributed by atoms with Gasteiger partial charge in [0, 0.05) is 38.4 Å². The molecule has 2 aromatic heterocycles. The summed E-state index contributed by atoms with van der Waals surface area (Å²) in [5.74, 6) is 1.55. The third-order valence-corrected chi connectivity index (χ3v) is 4.24. The minimum absolute atomic E-state index is 0.000237. The second-order valence-electron chi connectivity index (χ2n) is 5.64. The molecule has 1 fully saturated rings. The smallest absolute Gasteiger partial charge is 0.259 e. The van der Waals surface area contributed by atoms with Crippen molar-refractivity contribution >= 4 is 5.91 Å². The number of rotatable bonds is 3. The van der Waals surface area contributed by atoms with Crippen LogP contribution in [0.5, 0.6) is 0 Å². The van der Waals surface area contributed by atoms with E-state index in [1.807, 2.05) is 24.9 Å². The molecule has 1 saturated heterocycles. The summed E-state index contributed by atoms with van der Waals surface area (Å²) in [5.41, 5.74) is 1.28. The lowest BCUT2D eigenvalue weighted by molar-refractivity contribution is 0.0532. The number of piperazine rings is 1. The van der Waals surface area contributed by atoms with Crippen molar-refractivity contribution in [1.82, 2.24) is 24.9 Å². The quantitative estimate of drug-likeness (QED) is 0.927. The molecule has 22 heavy (non-hydrogen) atoms. The van der Waals surface area contributed by atoms with Gasteiger partial charge in [0.25, 0.3) is 5.91 Å². The first-order valence-corrected chi connectivity index (χ1v) is 7.55. The van der Waals surface area contributed by atoms with Gasteiger partial charge in [0.15, 0.2) is 0 Å². The van der Waals surface area contributed by atoms with Crippen molar-refractivity contribution in [2.75, 3.05) is 26.7 Å². The molecular formula is C15H21N5O2. The van der Waals surface area contributed by atoms with E-state index < -0.39 is 0 Å². The predicted octanol–water partition coefficient (Wildman–Crippen LogP) is 1.40. The number of nitrogens with one attached hydrogen (secondary N) is 1. The minimum Gasteiger partial charge on any atom is -0.360 e. The second kappa shape index (κ2) is 5.92. The largest absolute Gasteiger partial charge is 0.360 e. The summed E-state index contributed by atoms with van der Waals surface area (Å²) in [6.07, 6.45) is 4.21. The highest BCUT2D eigenvalue weighted by Gasteiger charge is 2.32. The Kier molecular flexibility index (Phi) is 3.98. The number of nitrogens with zero attached hydrogens (tertiary/aromatic N) is 4. The molecule has 0 spiro atoms. The van der Waals surface area contributed by atoms with Crippen LogP contribution in [0, 0.1) is 6.92 Å². The van der Waals surface area contributed by atoms with Gasteiger partial charge in [-0.1, -0.05) is 12.1 Å². The maximum Gasteiger partial charge on any atom is 0.259 e. The van der Waals surface area contributed by atoms with Crippen molar-refractivity contribution < 1.29 is 9.32 Å². The van der Waals surface area contributed by atoms with E-state index in [1.165, 1.54) is 0 Å². The van der Waals surface area contributed by atoms with Crippen LogP contribution in [-0.4, -0.2) is 57.5 Å². The van der Waals surface area contributed by atoms with E-state index in [2.05, 4.69) is 27.1 Å². The Balaban J connectivity index is 1.83. The molecule has 3 heterocycles. The van der Waals surface area contributed by atoms with Crippen molar-refractivity contribution in [2.45, 2.75) is 26.3 Å². The highest BCUT2D eigenvalue weighted by Crippen LogP contribution is 2.24. The van der Waals surface area contributed by atoms with Crippen LogP contribution in [0.4, 0.5) is 0 Å². The van der Waals surface area contributed by atoms with Gasteiger partial charge < -0.3 is 14.4 Å². The Morgan fingerprint density at radius 1 is 1.50 bits per heavy atom. The van der Waals surface area contributed by atoms with Crippen molar-refractivity contribution in [3.05, 3.63) is 35.2 Å². The molecule has 1 unspecified atom stereocenters. The third-order valence-electron chi connectivity index (χ3n) is 4.24. The van der Waals surface area contributed by atoms with E-state index in [-0.39, 0.29) is 11.9 Å². The van der Waals surface area contributed by atoms with Crippen LogP contribution in [0.2, 0.25) is 0 Å². The molecule has 0 saturated carbocycles. The molecule has 7 heteroatoms. The topological polar surface area (TPSA) is 78.3 Å². The maximum absolute atomic E-state index is 12.9. The molecule has 0 radical (unpaired) electrons. The van der Waals surface area contributed by atoms with E-state index in [1.54, 1.807) is 6.20 Å². The van der Waals surface area contributed by atoms with E-state index in [9.17, 15) is 4.79 Å². The predicted molar refractivity (Wildman–Crippen MR) is 80.5 cm³/mol. The Bertz CT molecular complexity index is 649. The average Bonchev–Trinajstić information content (AvgIpc) is 3.16. The summed E-state index contributed by atoms with van der Waals surface area (Å²) in [6.45, 7) is 5.89. The number of amides is 1. The number of carbonyl (C=O) groups is 1. The molecule has 0 aliphatic carbocycles. The summed E-state index contributed by atoms with van der Waals surface area (Å²) in [7, 11) is 2.05. The van der Waals surface area contributed by atoms with Gasteiger partial charge in [-0.2, -0.15) is 0 Å². The van der Waals surface area contributed by atoms with Crippen LogP contribution in [0.25, 0.3) is 0 Å². The van der Waals surface area contributed by atoms with Gasteiger partial charge >= 0.3 is 0 Å².